The second kappa shape index (κ2) is 6.02. The summed E-state index contributed by atoms with van der Waals surface area (Å²) >= 11 is 5.69. The van der Waals surface area contributed by atoms with E-state index in [9.17, 15) is 9.50 Å². The Morgan fingerprint density at radius 3 is 2.70 bits per heavy atom. The van der Waals surface area contributed by atoms with Crippen molar-refractivity contribution in [3.8, 4) is 11.8 Å². The van der Waals surface area contributed by atoms with E-state index >= 15 is 0 Å². The van der Waals surface area contributed by atoms with Crippen molar-refractivity contribution < 1.29 is 19.0 Å². The Labute approximate surface area is 120 Å². The van der Waals surface area contributed by atoms with Gasteiger partial charge in [0.15, 0.2) is 0 Å². The summed E-state index contributed by atoms with van der Waals surface area (Å²) in [6.07, 6.45) is -0.0363. The molecule has 0 saturated heterocycles. The smallest absolute Gasteiger partial charge is 0.241 e. The van der Waals surface area contributed by atoms with Crippen LogP contribution in [0.25, 0.3) is 0 Å². The molecule has 1 atom stereocenters. The van der Waals surface area contributed by atoms with Gasteiger partial charge in [-0.25, -0.2) is 9.37 Å². The van der Waals surface area contributed by atoms with Gasteiger partial charge in [-0.15, -0.1) is 0 Å². The molecule has 0 radical (unpaired) electrons. The molecule has 0 aliphatic heterocycles. The van der Waals surface area contributed by atoms with Crippen LogP contribution in [0, 0.1) is 5.82 Å². The summed E-state index contributed by atoms with van der Waals surface area (Å²) in [5, 5.41) is 10.2. The third kappa shape index (κ3) is 2.66. The number of aromatic nitrogens is 2. The molecule has 0 spiro atoms. The predicted octanol–water partition coefficient (Wildman–Crippen LogP) is 2.37. The number of halogens is 2. The molecule has 0 saturated carbocycles. The zero-order valence-electron chi connectivity index (χ0n) is 10.8. The van der Waals surface area contributed by atoms with Crippen LogP contribution in [0.1, 0.15) is 17.4 Å². The van der Waals surface area contributed by atoms with Gasteiger partial charge in [-0.2, -0.15) is 4.98 Å². The Morgan fingerprint density at radius 1 is 1.30 bits per heavy atom. The van der Waals surface area contributed by atoms with Crippen molar-refractivity contribution in [3.05, 3.63) is 46.5 Å². The van der Waals surface area contributed by atoms with Crippen LogP contribution < -0.4 is 9.47 Å². The molecule has 5 nitrogen and oxygen atoms in total. The van der Waals surface area contributed by atoms with Crippen LogP contribution in [-0.2, 0) is 0 Å². The van der Waals surface area contributed by atoms with E-state index in [0.29, 0.717) is 0 Å². The summed E-state index contributed by atoms with van der Waals surface area (Å²) in [5.41, 5.74) is 0.0738. The number of hydrogen-bond acceptors (Lipinski definition) is 5. The fourth-order valence-electron chi connectivity index (χ4n) is 1.68. The number of hydrogen-bond donors (Lipinski definition) is 1. The van der Waals surface area contributed by atoms with E-state index in [-0.39, 0.29) is 28.0 Å². The molecule has 1 aromatic heterocycles. The van der Waals surface area contributed by atoms with E-state index in [4.69, 9.17) is 21.1 Å². The average molecular weight is 299 g/mol. The molecular formula is C13H12ClFN2O3. The highest BCUT2D eigenvalue weighted by Gasteiger charge is 2.23. The van der Waals surface area contributed by atoms with Crippen molar-refractivity contribution in [1.29, 1.82) is 0 Å². The largest absolute Gasteiger partial charge is 0.480 e. The Kier molecular flexibility index (Phi) is 4.36. The quantitative estimate of drug-likeness (QED) is 0.939. The maximum absolute atomic E-state index is 13.9. The van der Waals surface area contributed by atoms with Crippen LogP contribution in [0.15, 0.2) is 24.4 Å². The van der Waals surface area contributed by atoms with Crippen molar-refractivity contribution in [2.24, 2.45) is 0 Å². The Bertz CT molecular complexity index is 625. The first-order chi connectivity index (χ1) is 9.58. The Balaban J connectivity index is 2.47. The molecule has 0 fully saturated rings. The number of rotatable bonds is 4. The van der Waals surface area contributed by atoms with Gasteiger partial charge in [0.1, 0.15) is 17.6 Å². The summed E-state index contributed by atoms with van der Waals surface area (Å²) in [5.74, 6) is -0.429. The molecule has 0 amide bonds. The van der Waals surface area contributed by atoms with E-state index in [0.717, 1.165) is 0 Å². The minimum Gasteiger partial charge on any atom is -0.480 e. The van der Waals surface area contributed by atoms with Gasteiger partial charge in [0.25, 0.3) is 0 Å². The molecule has 7 heteroatoms. The topological polar surface area (TPSA) is 64.5 Å². The molecule has 2 aromatic rings. The normalized spacial score (nSPS) is 12.1. The van der Waals surface area contributed by atoms with Crippen molar-refractivity contribution in [3.63, 3.8) is 0 Å². The van der Waals surface area contributed by atoms with Gasteiger partial charge in [0.05, 0.1) is 25.4 Å². The van der Waals surface area contributed by atoms with E-state index in [1.807, 2.05) is 0 Å². The first-order valence-corrected chi connectivity index (χ1v) is 6.03. The van der Waals surface area contributed by atoms with E-state index in [1.165, 1.54) is 38.6 Å². The summed E-state index contributed by atoms with van der Waals surface area (Å²) in [7, 11) is 2.80. The Hall–Kier alpha value is -1.92. The van der Waals surface area contributed by atoms with E-state index in [1.54, 1.807) is 0 Å². The summed E-state index contributed by atoms with van der Waals surface area (Å²) in [6.45, 7) is 0. The number of nitrogens with zero attached hydrogens (tertiary/aromatic N) is 2. The monoisotopic (exact) mass is 298 g/mol. The molecule has 0 aliphatic rings. The van der Waals surface area contributed by atoms with Gasteiger partial charge in [0.2, 0.25) is 11.8 Å². The number of methoxy groups -OCH3 is 2. The van der Waals surface area contributed by atoms with Gasteiger partial charge in [-0.05, 0) is 6.07 Å². The molecular weight excluding hydrogens is 287 g/mol. The van der Waals surface area contributed by atoms with Crippen LogP contribution in [0.2, 0.25) is 5.02 Å². The molecule has 1 heterocycles. The first-order valence-electron chi connectivity index (χ1n) is 5.65. The minimum atomic E-state index is -1.35. The fourth-order valence-corrected chi connectivity index (χ4v) is 1.86. The highest BCUT2D eigenvalue weighted by atomic mass is 35.5. The zero-order valence-corrected chi connectivity index (χ0v) is 11.6. The predicted molar refractivity (Wildman–Crippen MR) is 70.6 cm³/mol. The van der Waals surface area contributed by atoms with Crippen LogP contribution in [0.5, 0.6) is 11.8 Å². The molecule has 1 aromatic carbocycles. The summed E-state index contributed by atoms with van der Waals surface area (Å²) in [4.78, 5) is 7.98. The molecule has 0 aliphatic carbocycles. The van der Waals surface area contributed by atoms with Gasteiger partial charge in [0, 0.05) is 5.56 Å². The van der Waals surface area contributed by atoms with Crippen molar-refractivity contribution in [1.82, 2.24) is 9.97 Å². The zero-order chi connectivity index (χ0) is 14.7. The van der Waals surface area contributed by atoms with Gasteiger partial charge >= 0.3 is 0 Å². The summed E-state index contributed by atoms with van der Waals surface area (Å²) < 4.78 is 23.9. The maximum atomic E-state index is 13.9. The van der Waals surface area contributed by atoms with Crippen LogP contribution in [-0.4, -0.2) is 29.3 Å². The molecule has 1 unspecified atom stereocenters. The lowest BCUT2D eigenvalue weighted by atomic mass is 10.1. The van der Waals surface area contributed by atoms with Gasteiger partial charge in [-0.1, -0.05) is 23.7 Å². The molecule has 0 bridgehead atoms. The lowest BCUT2D eigenvalue weighted by Gasteiger charge is -2.14. The number of aliphatic hydroxyl groups excluding tert-OH is 1. The number of aliphatic hydroxyl groups is 1. The molecule has 1 N–H and O–H groups in total. The first kappa shape index (κ1) is 14.5. The molecule has 20 heavy (non-hydrogen) atoms. The SMILES string of the molecule is COc1cnc(C(O)c2cccc(Cl)c2F)c(OC)n1. The standard InChI is InChI=1S/C13H12ClFN2O3/c1-19-9-6-16-11(13(17-9)20-2)12(18)7-4-3-5-8(14)10(7)15/h3-6,12,18H,1-2H3. The fraction of sp³-hybridized carbons (Fsp3) is 0.231. The van der Waals surface area contributed by atoms with Crippen LogP contribution in [0.4, 0.5) is 4.39 Å². The average Bonchev–Trinajstić information content (AvgIpc) is 2.48. The number of ether oxygens (including phenoxy) is 2. The van der Waals surface area contributed by atoms with Gasteiger partial charge in [-0.3, -0.25) is 0 Å². The highest BCUT2D eigenvalue weighted by molar-refractivity contribution is 6.30. The minimum absolute atomic E-state index is 0.00438. The van der Waals surface area contributed by atoms with Crippen molar-refractivity contribution in [2.45, 2.75) is 6.10 Å². The number of benzene rings is 1. The van der Waals surface area contributed by atoms with Crippen molar-refractivity contribution >= 4 is 11.6 Å². The van der Waals surface area contributed by atoms with Gasteiger partial charge < -0.3 is 14.6 Å². The second-order valence-corrected chi connectivity index (χ2v) is 4.26. The van der Waals surface area contributed by atoms with Crippen LogP contribution in [0.3, 0.4) is 0 Å². The lowest BCUT2D eigenvalue weighted by molar-refractivity contribution is 0.202. The lowest BCUT2D eigenvalue weighted by Crippen LogP contribution is -2.09. The second-order valence-electron chi connectivity index (χ2n) is 3.85. The molecule has 2 rings (SSSR count). The summed E-state index contributed by atoms with van der Waals surface area (Å²) in [6, 6.07) is 4.34. The van der Waals surface area contributed by atoms with E-state index < -0.39 is 11.9 Å². The maximum Gasteiger partial charge on any atom is 0.241 e. The van der Waals surface area contributed by atoms with Crippen LogP contribution >= 0.6 is 11.6 Å². The molecule has 106 valence electrons. The van der Waals surface area contributed by atoms with Crippen molar-refractivity contribution in [2.75, 3.05) is 14.2 Å². The highest BCUT2D eigenvalue weighted by Crippen LogP contribution is 2.31. The van der Waals surface area contributed by atoms with E-state index in [2.05, 4.69) is 9.97 Å². The third-order valence-corrected chi connectivity index (χ3v) is 2.97. The third-order valence-electron chi connectivity index (χ3n) is 2.68. The Morgan fingerprint density at radius 2 is 2.05 bits per heavy atom.